The summed E-state index contributed by atoms with van der Waals surface area (Å²) in [6.45, 7) is 4.54. The molecule has 7 heteroatoms. The molecule has 0 atom stereocenters. The van der Waals surface area contributed by atoms with Crippen molar-refractivity contribution in [2.45, 2.75) is 26.7 Å². The van der Waals surface area contributed by atoms with E-state index in [2.05, 4.69) is 15.2 Å². The monoisotopic (exact) mass is 352 g/mol. The second-order valence-electron chi connectivity index (χ2n) is 5.85. The summed E-state index contributed by atoms with van der Waals surface area (Å²) < 4.78 is 7.44. The number of benzene rings is 1. The maximum absolute atomic E-state index is 11.2. The molecule has 0 aliphatic heterocycles. The molecule has 7 nitrogen and oxygen atoms in total. The standard InChI is InChI=1S/C19H20N4O3/c1-3-11-26-16-9-5-4-8-14(16)21-22-19-15(12-17(24)25)20-18-13(2)7-6-10-23(18)19/h4-10H,3,11-12H2,1-2H3,(H,24,25). The van der Waals surface area contributed by atoms with Gasteiger partial charge in [-0.2, -0.15) is 0 Å². The zero-order chi connectivity index (χ0) is 18.5. The van der Waals surface area contributed by atoms with Crippen LogP contribution in [0.4, 0.5) is 11.5 Å². The molecule has 0 amide bonds. The minimum Gasteiger partial charge on any atom is -0.491 e. The van der Waals surface area contributed by atoms with Crippen LogP contribution in [0.2, 0.25) is 0 Å². The van der Waals surface area contributed by atoms with Crippen LogP contribution in [0.1, 0.15) is 24.6 Å². The Kier molecular flexibility index (Phi) is 5.26. The van der Waals surface area contributed by atoms with Gasteiger partial charge in [-0.1, -0.05) is 25.1 Å². The lowest BCUT2D eigenvalue weighted by atomic mass is 10.3. The highest BCUT2D eigenvalue weighted by atomic mass is 16.5. The van der Waals surface area contributed by atoms with Gasteiger partial charge in [0.25, 0.3) is 0 Å². The summed E-state index contributed by atoms with van der Waals surface area (Å²) in [5, 5.41) is 17.8. The zero-order valence-corrected chi connectivity index (χ0v) is 14.7. The average Bonchev–Trinajstić information content (AvgIpc) is 2.97. The Labute approximate surface area is 151 Å². The lowest BCUT2D eigenvalue weighted by molar-refractivity contribution is -0.136. The molecule has 3 rings (SSSR count). The maximum Gasteiger partial charge on any atom is 0.309 e. The van der Waals surface area contributed by atoms with E-state index >= 15 is 0 Å². The molecule has 134 valence electrons. The number of hydrogen-bond acceptors (Lipinski definition) is 5. The first-order valence-corrected chi connectivity index (χ1v) is 8.42. The fourth-order valence-electron chi connectivity index (χ4n) is 2.58. The van der Waals surface area contributed by atoms with Crippen molar-refractivity contribution >= 4 is 23.1 Å². The molecular weight excluding hydrogens is 332 g/mol. The SMILES string of the molecule is CCCOc1ccccc1N=Nc1c(CC(=O)O)nc2c(C)cccn12. The molecule has 0 aliphatic carbocycles. The number of carbonyl (C=O) groups is 1. The molecule has 0 radical (unpaired) electrons. The van der Waals surface area contributed by atoms with Gasteiger partial charge >= 0.3 is 5.97 Å². The van der Waals surface area contributed by atoms with Gasteiger partial charge in [-0.3, -0.25) is 9.20 Å². The molecule has 0 spiro atoms. The van der Waals surface area contributed by atoms with E-state index in [1.807, 2.05) is 44.2 Å². The van der Waals surface area contributed by atoms with Crippen LogP contribution < -0.4 is 4.74 Å². The van der Waals surface area contributed by atoms with Crippen LogP contribution in [0.25, 0.3) is 5.65 Å². The summed E-state index contributed by atoms with van der Waals surface area (Å²) in [6.07, 6.45) is 2.47. The fraction of sp³-hybridized carbons (Fsp3) is 0.263. The Balaban J connectivity index is 2.04. The second kappa shape index (κ2) is 7.77. The van der Waals surface area contributed by atoms with Crippen LogP contribution in [0.3, 0.4) is 0 Å². The summed E-state index contributed by atoms with van der Waals surface area (Å²) in [5.41, 5.74) is 2.58. The molecular formula is C19H20N4O3. The highest BCUT2D eigenvalue weighted by molar-refractivity contribution is 5.72. The first kappa shape index (κ1) is 17.6. The van der Waals surface area contributed by atoms with Gasteiger partial charge in [0, 0.05) is 6.20 Å². The number of fused-ring (bicyclic) bond motifs is 1. The van der Waals surface area contributed by atoms with Crippen molar-refractivity contribution in [3.05, 3.63) is 53.9 Å². The smallest absolute Gasteiger partial charge is 0.309 e. The first-order chi connectivity index (χ1) is 12.6. The highest BCUT2D eigenvalue weighted by Gasteiger charge is 2.16. The van der Waals surface area contributed by atoms with Gasteiger partial charge in [0.1, 0.15) is 17.1 Å². The van der Waals surface area contributed by atoms with E-state index < -0.39 is 5.97 Å². The van der Waals surface area contributed by atoms with Crippen molar-refractivity contribution in [2.75, 3.05) is 6.61 Å². The van der Waals surface area contributed by atoms with Crippen molar-refractivity contribution < 1.29 is 14.6 Å². The minimum absolute atomic E-state index is 0.219. The van der Waals surface area contributed by atoms with Crippen molar-refractivity contribution in [3.8, 4) is 5.75 Å². The Morgan fingerprint density at radius 3 is 2.81 bits per heavy atom. The second-order valence-corrected chi connectivity index (χ2v) is 5.85. The summed E-state index contributed by atoms with van der Waals surface area (Å²) in [5.74, 6) is 0.0912. The molecule has 26 heavy (non-hydrogen) atoms. The number of pyridine rings is 1. The van der Waals surface area contributed by atoms with Crippen LogP contribution in [-0.4, -0.2) is 27.1 Å². The predicted molar refractivity (Wildman–Crippen MR) is 97.7 cm³/mol. The van der Waals surface area contributed by atoms with E-state index in [9.17, 15) is 9.90 Å². The molecule has 1 aromatic carbocycles. The van der Waals surface area contributed by atoms with Crippen molar-refractivity contribution in [2.24, 2.45) is 10.2 Å². The predicted octanol–water partition coefficient (Wildman–Crippen LogP) is 4.47. The van der Waals surface area contributed by atoms with Gasteiger partial charge in [-0.15, -0.1) is 10.2 Å². The summed E-state index contributed by atoms with van der Waals surface area (Å²) in [7, 11) is 0. The summed E-state index contributed by atoms with van der Waals surface area (Å²) in [4.78, 5) is 15.6. The Morgan fingerprint density at radius 1 is 1.23 bits per heavy atom. The number of azo groups is 1. The maximum atomic E-state index is 11.2. The number of rotatable bonds is 7. The van der Waals surface area contributed by atoms with Gasteiger partial charge in [0.15, 0.2) is 5.82 Å². The highest BCUT2D eigenvalue weighted by Crippen LogP contribution is 2.31. The van der Waals surface area contributed by atoms with Gasteiger partial charge in [-0.05, 0) is 37.1 Å². The lowest BCUT2D eigenvalue weighted by Gasteiger charge is -2.06. The van der Waals surface area contributed by atoms with E-state index in [0.717, 1.165) is 12.0 Å². The van der Waals surface area contributed by atoms with E-state index in [0.29, 0.717) is 35.2 Å². The summed E-state index contributed by atoms with van der Waals surface area (Å²) >= 11 is 0. The van der Waals surface area contributed by atoms with Crippen molar-refractivity contribution in [3.63, 3.8) is 0 Å². The number of aromatic nitrogens is 2. The number of ether oxygens (including phenoxy) is 1. The quantitative estimate of drug-likeness (QED) is 0.635. The van der Waals surface area contributed by atoms with Crippen LogP contribution in [0, 0.1) is 6.92 Å². The molecule has 0 aliphatic rings. The number of nitrogens with zero attached hydrogens (tertiary/aromatic N) is 4. The van der Waals surface area contributed by atoms with Gasteiger partial charge in [0.2, 0.25) is 0 Å². The molecule has 2 heterocycles. The molecule has 0 saturated heterocycles. The number of carboxylic acid groups (broad SMARTS) is 1. The number of hydrogen-bond donors (Lipinski definition) is 1. The first-order valence-electron chi connectivity index (χ1n) is 8.42. The largest absolute Gasteiger partial charge is 0.491 e. The molecule has 0 bridgehead atoms. The topological polar surface area (TPSA) is 88.5 Å². The van der Waals surface area contributed by atoms with Crippen LogP contribution >= 0.6 is 0 Å². The molecule has 2 aromatic heterocycles. The Hall–Kier alpha value is -3.22. The third-order valence-electron chi connectivity index (χ3n) is 3.79. The third kappa shape index (κ3) is 3.72. The van der Waals surface area contributed by atoms with E-state index in [1.165, 1.54) is 0 Å². The Morgan fingerprint density at radius 2 is 2.04 bits per heavy atom. The molecule has 3 aromatic rings. The number of aryl methyl sites for hydroxylation is 1. The zero-order valence-electron chi connectivity index (χ0n) is 14.7. The third-order valence-corrected chi connectivity index (χ3v) is 3.79. The van der Waals surface area contributed by atoms with Gasteiger partial charge in [0.05, 0.1) is 18.7 Å². The van der Waals surface area contributed by atoms with Crippen molar-refractivity contribution in [1.82, 2.24) is 9.38 Å². The van der Waals surface area contributed by atoms with Crippen LogP contribution in [0.5, 0.6) is 5.75 Å². The molecule has 0 unspecified atom stereocenters. The van der Waals surface area contributed by atoms with Gasteiger partial charge in [-0.25, -0.2) is 4.98 Å². The Bertz CT molecular complexity index is 963. The van der Waals surface area contributed by atoms with E-state index in [4.69, 9.17) is 4.74 Å². The number of aliphatic carboxylic acids is 1. The van der Waals surface area contributed by atoms with Crippen LogP contribution in [0.15, 0.2) is 52.8 Å². The van der Waals surface area contributed by atoms with Crippen molar-refractivity contribution in [1.29, 1.82) is 0 Å². The van der Waals surface area contributed by atoms with Crippen LogP contribution in [-0.2, 0) is 11.2 Å². The number of carboxylic acids is 1. The molecule has 1 N–H and O–H groups in total. The van der Waals surface area contributed by atoms with E-state index in [-0.39, 0.29) is 6.42 Å². The lowest BCUT2D eigenvalue weighted by Crippen LogP contribution is -2.00. The number of imidazole rings is 1. The molecule has 0 fully saturated rings. The fourth-order valence-corrected chi connectivity index (χ4v) is 2.58. The normalized spacial score (nSPS) is 11.3. The average molecular weight is 352 g/mol. The minimum atomic E-state index is -0.964. The molecule has 0 saturated carbocycles. The van der Waals surface area contributed by atoms with Gasteiger partial charge < -0.3 is 9.84 Å². The summed E-state index contributed by atoms with van der Waals surface area (Å²) in [6, 6.07) is 11.1. The van der Waals surface area contributed by atoms with E-state index in [1.54, 1.807) is 16.7 Å². The number of para-hydroxylation sites is 1.